The standard InChI is InChI=1S/C27H40/c1-24(2,3)19-14-12-15-20(18-19)27(10,11)22-17-13-16-21(25(4,5)6)23(22)26(7,8)9/h12-18H,1-11H3. The second-order valence-corrected chi connectivity index (χ2v) is 11.7. The zero-order chi connectivity index (χ0) is 20.8. The molecule has 27 heavy (non-hydrogen) atoms. The minimum Gasteiger partial charge on any atom is -0.0617 e. The number of hydrogen-bond donors (Lipinski definition) is 0. The van der Waals surface area contributed by atoms with Gasteiger partial charge in [-0.15, -0.1) is 0 Å². The van der Waals surface area contributed by atoms with E-state index >= 15 is 0 Å². The second-order valence-electron chi connectivity index (χ2n) is 11.7. The van der Waals surface area contributed by atoms with Crippen molar-refractivity contribution in [3.8, 4) is 0 Å². The molecule has 0 nitrogen and oxygen atoms in total. The fraction of sp³-hybridized carbons (Fsp3) is 0.556. The predicted octanol–water partition coefficient (Wildman–Crippen LogP) is 7.91. The van der Waals surface area contributed by atoms with Gasteiger partial charge in [-0.3, -0.25) is 0 Å². The third-order valence-corrected chi connectivity index (χ3v) is 5.75. The van der Waals surface area contributed by atoms with Gasteiger partial charge in [-0.05, 0) is 44.1 Å². The Kier molecular flexibility index (Phi) is 5.47. The monoisotopic (exact) mass is 364 g/mol. The molecule has 0 heterocycles. The van der Waals surface area contributed by atoms with Crippen molar-refractivity contribution in [2.75, 3.05) is 0 Å². The smallest absolute Gasteiger partial charge is 0.0149 e. The first-order chi connectivity index (χ1) is 12.1. The summed E-state index contributed by atoms with van der Waals surface area (Å²) >= 11 is 0. The first-order valence-electron chi connectivity index (χ1n) is 10.3. The van der Waals surface area contributed by atoms with Crippen LogP contribution in [0.15, 0.2) is 42.5 Å². The Morgan fingerprint density at radius 1 is 0.481 bits per heavy atom. The van der Waals surface area contributed by atoms with Crippen LogP contribution in [0.2, 0.25) is 0 Å². The zero-order valence-corrected chi connectivity index (χ0v) is 19.5. The molecule has 0 fully saturated rings. The summed E-state index contributed by atoms with van der Waals surface area (Å²) in [5.74, 6) is 0. The Morgan fingerprint density at radius 3 is 1.44 bits per heavy atom. The van der Waals surface area contributed by atoms with Crippen LogP contribution in [0.3, 0.4) is 0 Å². The van der Waals surface area contributed by atoms with E-state index in [2.05, 4.69) is 119 Å². The van der Waals surface area contributed by atoms with Crippen molar-refractivity contribution in [2.24, 2.45) is 0 Å². The minimum atomic E-state index is -0.0505. The van der Waals surface area contributed by atoms with Crippen LogP contribution in [0.4, 0.5) is 0 Å². The summed E-state index contributed by atoms with van der Waals surface area (Å²) < 4.78 is 0. The van der Waals surface area contributed by atoms with Crippen molar-refractivity contribution < 1.29 is 0 Å². The van der Waals surface area contributed by atoms with Crippen LogP contribution >= 0.6 is 0 Å². The van der Waals surface area contributed by atoms with Gasteiger partial charge < -0.3 is 0 Å². The van der Waals surface area contributed by atoms with Crippen LogP contribution in [0, 0.1) is 0 Å². The van der Waals surface area contributed by atoms with Gasteiger partial charge >= 0.3 is 0 Å². The van der Waals surface area contributed by atoms with Gasteiger partial charge in [0.1, 0.15) is 0 Å². The normalized spacial score (nSPS) is 13.7. The fourth-order valence-corrected chi connectivity index (χ4v) is 4.04. The molecule has 0 heteroatoms. The van der Waals surface area contributed by atoms with E-state index in [1.807, 2.05) is 0 Å². The average Bonchev–Trinajstić information content (AvgIpc) is 2.52. The maximum atomic E-state index is 2.41. The van der Waals surface area contributed by atoms with Crippen LogP contribution in [-0.2, 0) is 21.7 Å². The van der Waals surface area contributed by atoms with Gasteiger partial charge in [0.15, 0.2) is 0 Å². The van der Waals surface area contributed by atoms with E-state index in [1.54, 1.807) is 0 Å². The van der Waals surface area contributed by atoms with Gasteiger partial charge in [0, 0.05) is 5.41 Å². The fourth-order valence-electron chi connectivity index (χ4n) is 4.04. The Hall–Kier alpha value is -1.56. The molecule has 0 N–H and O–H groups in total. The first kappa shape index (κ1) is 21.7. The quantitative estimate of drug-likeness (QED) is 0.508. The molecule has 148 valence electrons. The third-order valence-electron chi connectivity index (χ3n) is 5.75. The van der Waals surface area contributed by atoms with E-state index in [0.29, 0.717) is 0 Å². The highest BCUT2D eigenvalue weighted by Crippen LogP contribution is 2.43. The average molecular weight is 365 g/mol. The molecular formula is C27H40. The molecule has 2 aromatic rings. The second kappa shape index (κ2) is 6.80. The van der Waals surface area contributed by atoms with E-state index in [1.165, 1.54) is 27.8 Å². The van der Waals surface area contributed by atoms with Crippen molar-refractivity contribution in [1.29, 1.82) is 0 Å². The van der Waals surface area contributed by atoms with Crippen molar-refractivity contribution in [3.05, 3.63) is 70.3 Å². The van der Waals surface area contributed by atoms with Gasteiger partial charge in [0.05, 0.1) is 0 Å². The molecule has 0 saturated heterocycles. The molecule has 0 bridgehead atoms. The molecule has 2 aromatic carbocycles. The highest BCUT2D eigenvalue weighted by molar-refractivity contribution is 5.51. The van der Waals surface area contributed by atoms with Crippen LogP contribution in [-0.4, -0.2) is 0 Å². The maximum absolute atomic E-state index is 2.41. The van der Waals surface area contributed by atoms with E-state index in [9.17, 15) is 0 Å². The highest BCUT2D eigenvalue weighted by atomic mass is 14.4. The summed E-state index contributed by atoms with van der Waals surface area (Å²) in [6, 6.07) is 16.1. The summed E-state index contributed by atoms with van der Waals surface area (Å²) in [6.07, 6.45) is 0. The SMILES string of the molecule is CC(C)(C)c1cccc(C(C)(C)c2cccc(C(C)(C)C)c2C(C)(C)C)c1. The summed E-state index contributed by atoms with van der Waals surface area (Å²) in [5.41, 5.74) is 7.55. The third kappa shape index (κ3) is 4.48. The van der Waals surface area contributed by atoms with E-state index in [4.69, 9.17) is 0 Å². The molecule has 2 rings (SSSR count). The van der Waals surface area contributed by atoms with Crippen molar-refractivity contribution in [1.82, 2.24) is 0 Å². The van der Waals surface area contributed by atoms with Crippen LogP contribution in [0.25, 0.3) is 0 Å². The molecule has 0 unspecified atom stereocenters. The number of hydrogen-bond acceptors (Lipinski definition) is 0. The van der Waals surface area contributed by atoms with Gasteiger partial charge in [0.25, 0.3) is 0 Å². The Bertz CT molecular complexity index is 799. The van der Waals surface area contributed by atoms with Gasteiger partial charge in [-0.2, -0.15) is 0 Å². The molecule has 0 aliphatic rings. The van der Waals surface area contributed by atoms with Gasteiger partial charge in [-0.1, -0.05) is 119 Å². The van der Waals surface area contributed by atoms with E-state index < -0.39 is 0 Å². The summed E-state index contributed by atoms with van der Waals surface area (Å²) in [6.45, 7) is 25.7. The Labute approximate surface area is 168 Å². The van der Waals surface area contributed by atoms with Crippen molar-refractivity contribution >= 4 is 0 Å². The van der Waals surface area contributed by atoms with E-state index in [0.717, 1.165) is 0 Å². The lowest BCUT2D eigenvalue weighted by atomic mass is 9.66. The summed E-state index contributed by atoms with van der Waals surface area (Å²) in [5, 5.41) is 0. The largest absolute Gasteiger partial charge is 0.0617 e. The molecular weight excluding hydrogens is 324 g/mol. The topological polar surface area (TPSA) is 0 Å². The predicted molar refractivity (Wildman–Crippen MR) is 121 cm³/mol. The molecule has 0 aromatic heterocycles. The van der Waals surface area contributed by atoms with Gasteiger partial charge in [-0.25, -0.2) is 0 Å². The summed E-state index contributed by atoms with van der Waals surface area (Å²) in [7, 11) is 0. The lowest BCUT2D eigenvalue weighted by Crippen LogP contribution is -2.30. The molecule has 0 aliphatic carbocycles. The Morgan fingerprint density at radius 2 is 0.963 bits per heavy atom. The number of benzene rings is 2. The van der Waals surface area contributed by atoms with E-state index in [-0.39, 0.29) is 21.7 Å². The van der Waals surface area contributed by atoms with Crippen LogP contribution < -0.4 is 0 Å². The lowest BCUT2D eigenvalue weighted by Gasteiger charge is -2.38. The molecule has 0 atom stereocenters. The molecule has 0 saturated carbocycles. The maximum Gasteiger partial charge on any atom is 0.0149 e. The van der Waals surface area contributed by atoms with Gasteiger partial charge in [0.2, 0.25) is 0 Å². The summed E-state index contributed by atoms with van der Waals surface area (Å²) in [4.78, 5) is 0. The highest BCUT2D eigenvalue weighted by Gasteiger charge is 2.34. The molecule has 0 amide bonds. The first-order valence-corrected chi connectivity index (χ1v) is 10.3. The van der Waals surface area contributed by atoms with Crippen LogP contribution in [0.5, 0.6) is 0 Å². The van der Waals surface area contributed by atoms with Crippen LogP contribution in [0.1, 0.15) is 104 Å². The minimum absolute atomic E-state index is 0.0505. The lowest BCUT2D eigenvalue weighted by molar-refractivity contribution is 0.507. The Balaban J connectivity index is 2.77. The van der Waals surface area contributed by atoms with Crippen molar-refractivity contribution in [2.45, 2.75) is 97.8 Å². The zero-order valence-electron chi connectivity index (χ0n) is 19.5. The molecule has 0 aliphatic heterocycles. The number of rotatable bonds is 2. The van der Waals surface area contributed by atoms with Crippen molar-refractivity contribution in [3.63, 3.8) is 0 Å². The molecule has 0 spiro atoms. The molecule has 0 radical (unpaired) electrons.